The highest BCUT2D eigenvalue weighted by atomic mass is 35.5. The molecule has 1 heterocycles. The molecule has 6 heteroatoms. The maximum absolute atomic E-state index is 12.3. The summed E-state index contributed by atoms with van der Waals surface area (Å²) < 4.78 is 10.6. The molecule has 0 bridgehead atoms. The number of halogens is 1. The van der Waals surface area contributed by atoms with Crippen LogP contribution in [0.25, 0.3) is 0 Å². The third-order valence-corrected chi connectivity index (χ3v) is 4.15. The van der Waals surface area contributed by atoms with E-state index in [1.807, 2.05) is 19.1 Å². The fraction of sp³-hybridized carbons (Fsp3) is 0.235. The Balaban J connectivity index is 2.03. The van der Waals surface area contributed by atoms with Gasteiger partial charge in [0.25, 0.3) is 5.91 Å². The quantitative estimate of drug-likeness (QED) is 0.903. The minimum absolute atomic E-state index is 0.127. The second-order valence-electron chi connectivity index (χ2n) is 5.29. The number of ether oxygens (including phenoxy) is 2. The van der Waals surface area contributed by atoms with Crippen molar-refractivity contribution in [3.05, 3.63) is 52.0 Å². The fourth-order valence-corrected chi connectivity index (χ4v) is 3.01. The summed E-state index contributed by atoms with van der Waals surface area (Å²) in [5.41, 5.74) is 3.25. The zero-order chi connectivity index (χ0) is 16.6. The van der Waals surface area contributed by atoms with E-state index in [0.717, 1.165) is 16.8 Å². The zero-order valence-corrected chi connectivity index (χ0v) is 13.8. The molecule has 0 unspecified atom stereocenters. The number of carbonyl (C=O) groups excluding carboxylic acids is 1. The molecule has 1 aliphatic heterocycles. The fourth-order valence-electron chi connectivity index (χ4n) is 2.71. The number of fused-ring (bicyclic) bond motifs is 1. The van der Waals surface area contributed by atoms with Gasteiger partial charge in [-0.3, -0.25) is 4.79 Å². The summed E-state index contributed by atoms with van der Waals surface area (Å²) in [5, 5.41) is 6.69. The summed E-state index contributed by atoms with van der Waals surface area (Å²) >= 11 is 6.26. The molecule has 0 aromatic heterocycles. The summed E-state index contributed by atoms with van der Waals surface area (Å²) in [4.78, 5) is 12.3. The van der Waals surface area contributed by atoms with Crippen LogP contribution in [0.5, 0.6) is 11.5 Å². The van der Waals surface area contributed by atoms with Crippen molar-refractivity contribution in [1.29, 1.82) is 0 Å². The molecular weight excluding hydrogens is 316 g/mol. The molecule has 2 N–H and O–H groups in total. The SMILES string of the molecule is COc1cc([C@@H]2NC(=O)c3cccc(C)c3N2)cc(Cl)c1OC. The van der Waals surface area contributed by atoms with Gasteiger partial charge in [0.05, 0.1) is 30.5 Å². The van der Waals surface area contributed by atoms with Crippen molar-refractivity contribution in [2.45, 2.75) is 13.1 Å². The largest absolute Gasteiger partial charge is 0.493 e. The van der Waals surface area contributed by atoms with Gasteiger partial charge in [-0.2, -0.15) is 0 Å². The van der Waals surface area contributed by atoms with Crippen LogP contribution >= 0.6 is 11.6 Å². The minimum Gasteiger partial charge on any atom is -0.493 e. The van der Waals surface area contributed by atoms with Crippen molar-refractivity contribution in [1.82, 2.24) is 5.32 Å². The van der Waals surface area contributed by atoms with Crippen molar-refractivity contribution in [2.75, 3.05) is 19.5 Å². The van der Waals surface area contributed by atoms with E-state index in [2.05, 4.69) is 10.6 Å². The van der Waals surface area contributed by atoms with Gasteiger partial charge in [-0.15, -0.1) is 0 Å². The van der Waals surface area contributed by atoms with Crippen LogP contribution in [0.1, 0.15) is 27.7 Å². The number of nitrogens with one attached hydrogen (secondary N) is 2. The first-order chi connectivity index (χ1) is 11.0. The average molecular weight is 333 g/mol. The van der Waals surface area contributed by atoms with E-state index in [9.17, 15) is 4.79 Å². The zero-order valence-electron chi connectivity index (χ0n) is 13.1. The summed E-state index contributed by atoms with van der Waals surface area (Å²) in [6.07, 6.45) is -0.395. The van der Waals surface area contributed by atoms with E-state index in [-0.39, 0.29) is 5.91 Å². The van der Waals surface area contributed by atoms with Gasteiger partial charge in [-0.05, 0) is 36.2 Å². The number of rotatable bonds is 3. The van der Waals surface area contributed by atoms with Crippen LogP contribution in [0.3, 0.4) is 0 Å². The van der Waals surface area contributed by atoms with E-state index in [4.69, 9.17) is 21.1 Å². The summed E-state index contributed by atoms with van der Waals surface area (Å²) in [6.45, 7) is 1.96. The Hall–Kier alpha value is -2.40. The Labute approximate surface area is 139 Å². The molecule has 0 aliphatic carbocycles. The minimum atomic E-state index is -0.395. The molecule has 2 aromatic carbocycles. The predicted molar refractivity (Wildman–Crippen MR) is 89.6 cm³/mol. The van der Waals surface area contributed by atoms with Crippen LogP contribution in [-0.2, 0) is 0 Å². The molecule has 120 valence electrons. The first-order valence-corrected chi connectivity index (χ1v) is 7.51. The normalized spacial score (nSPS) is 16.2. The van der Waals surface area contributed by atoms with E-state index >= 15 is 0 Å². The van der Waals surface area contributed by atoms with Gasteiger partial charge >= 0.3 is 0 Å². The third kappa shape index (κ3) is 2.68. The maximum atomic E-state index is 12.3. The second-order valence-corrected chi connectivity index (χ2v) is 5.69. The number of benzene rings is 2. The van der Waals surface area contributed by atoms with Crippen LogP contribution in [0.4, 0.5) is 5.69 Å². The molecular formula is C17H17ClN2O3. The lowest BCUT2D eigenvalue weighted by Crippen LogP contribution is -2.38. The molecule has 23 heavy (non-hydrogen) atoms. The smallest absolute Gasteiger partial charge is 0.255 e. The highest BCUT2D eigenvalue weighted by molar-refractivity contribution is 6.32. The van der Waals surface area contributed by atoms with Crippen LogP contribution < -0.4 is 20.1 Å². The third-order valence-electron chi connectivity index (χ3n) is 3.87. The molecule has 0 radical (unpaired) electrons. The Morgan fingerprint density at radius 1 is 1.13 bits per heavy atom. The van der Waals surface area contributed by atoms with Crippen molar-refractivity contribution >= 4 is 23.2 Å². The number of anilines is 1. The highest BCUT2D eigenvalue weighted by Crippen LogP contribution is 2.39. The molecule has 1 amide bonds. The van der Waals surface area contributed by atoms with Crippen LogP contribution in [0, 0.1) is 6.92 Å². The van der Waals surface area contributed by atoms with Crippen molar-refractivity contribution in [3.63, 3.8) is 0 Å². The van der Waals surface area contributed by atoms with Crippen molar-refractivity contribution < 1.29 is 14.3 Å². The van der Waals surface area contributed by atoms with Crippen LogP contribution in [-0.4, -0.2) is 20.1 Å². The van der Waals surface area contributed by atoms with Gasteiger partial charge in [0.15, 0.2) is 11.5 Å². The number of hydrogen-bond acceptors (Lipinski definition) is 4. The highest BCUT2D eigenvalue weighted by Gasteiger charge is 2.27. The molecule has 0 fully saturated rings. The number of carbonyl (C=O) groups is 1. The van der Waals surface area contributed by atoms with E-state index in [1.54, 1.807) is 25.3 Å². The Morgan fingerprint density at radius 3 is 2.61 bits per heavy atom. The van der Waals surface area contributed by atoms with Gasteiger partial charge in [-0.25, -0.2) is 0 Å². The number of amides is 1. The van der Waals surface area contributed by atoms with Gasteiger partial charge in [-0.1, -0.05) is 23.7 Å². The number of methoxy groups -OCH3 is 2. The Kier molecular flexibility index (Phi) is 4.05. The van der Waals surface area contributed by atoms with Crippen LogP contribution in [0.15, 0.2) is 30.3 Å². The molecule has 3 rings (SSSR count). The summed E-state index contributed by atoms with van der Waals surface area (Å²) in [7, 11) is 3.08. The van der Waals surface area contributed by atoms with Crippen LogP contribution in [0.2, 0.25) is 5.02 Å². The van der Waals surface area contributed by atoms with Gasteiger partial charge in [0.2, 0.25) is 0 Å². The van der Waals surface area contributed by atoms with E-state index in [1.165, 1.54) is 7.11 Å². The van der Waals surface area contributed by atoms with Gasteiger partial charge in [0, 0.05) is 0 Å². The lowest BCUT2D eigenvalue weighted by atomic mass is 10.0. The van der Waals surface area contributed by atoms with Gasteiger partial charge < -0.3 is 20.1 Å². The number of para-hydroxylation sites is 1. The summed E-state index contributed by atoms with van der Waals surface area (Å²) in [6, 6.07) is 9.17. The molecule has 5 nitrogen and oxygen atoms in total. The second kappa shape index (κ2) is 6.01. The molecule has 0 spiro atoms. The lowest BCUT2D eigenvalue weighted by molar-refractivity contribution is 0.0935. The predicted octanol–water partition coefficient (Wildman–Crippen LogP) is 3.52. The van der Waals surface area contributed by atoms with E-state index < -0.39 is 6.17 Å². The molecule has 0 saturated carbocycles. The van der Waals surface area contributed by atoms with Gasteiger partial charge in [0.1, 0.15) is 6.17 Å². The first-order valence-electron chi connectivity index (χ1n) is 7.13. The topological polar surface area (TPSA) is 59.6 Å². The maximum Gasteiger partial charge on any atom is 0.255 e. The molecule has 1 aliphatic rings. The van der Waals surface area contributed by atoms with Crippen molar-refractivity contribution in [2.24, 2.45) is 0 Å². The van der Waals surface area contributed by atoms with Crippen molar-refractivity contribution in [3.8, 4) is 11.5 Å². The molecule has 2 aromatic rings. The standard InChI is InChI=1S/C17H17ClN2O3/c1-9-5-4-6-11-14(9)19-16(20-17(11)21)10-7-12(18)15(23-3)13(8-10)22-2/h4-8,16,19H,1-3H3,(H,20,21)/t16-/m0/s1. The lowest BCUT2D eigenvalue weighted by Gasteiger charge is -2.29. The number of hydrogen-bond donors (Lipinski definition) is 2. The molecule has 0 saturated heterocycles. The summed E-state index contributed by atoms with van der Waals surface area (Å²) in [5.74, 6) is 0.858. The monoisotopic (exact) mass is 332 g/mol. The Morgan fingerprint density at radius 2 is 1.91 bits per heavy atom. The average Bonchev–Trinajstić information content (AvgIpc) is 2.54. The first kappa shape index (κ1) is 15.5. The van der Waals surface area contributed by atoms with E-state index in [0.29, 0.717) is 22.1 Å². The Bertz CT molecular complexity index is 777. The molecule has 1 atom stereocenters. The number of aryl methyl sites for hydroxylation is 1.